The summed E-state index contributed by atoms with van der Waals surface area (Å²) in [5.74, 6) is -0.671. The molecule has 0 unspecified atom stereocenters. The largest absolute Gasteiger partial charge is 0.350 e. The number of halogens is 2. The molecule has 0 aliphatic rings. The van der Waals surface area contributed by atoms with Crippen LogP contribution in [0.15, 0.2) is 18.2 Å². The van der Waals surface area contributed by atoms with Crippen molar-refractivity contribution in [3.63, 3.8) is 0 Å². The number of carbonyl (C=O) groups is 1. The average Bonchev–Trinajstić information content (AvgIpc) is 2.38. The molecule has 0 radical (unpaired) electrons. The number of amides is 1. The lowest BCUT2D eigenvalue weighted by atomic mass is 9.93. The SMILES string of the molecule is CCC(N)(CC)C(=O)NCc1ccc(F)c(Cl)c1. The summed E-state index contributed by atoms with van der Waals surface area (Å²) < 4.78 is 13.0. The Labute approximate surface area is 112 Å². The van der Waals surface area contributed by atoms with Crippen LogP contribution in [0.25, 0.3) is 0 Å². The second-order valence-corrected chi connectivity index (χ2v) is 4.70. The highest BCUT2D eigenvalue weighted by Gasteiger charge is 2.29. The molecular formula is C13H18ClFN2O. The topological polar surface area (TPSA) is 55.1 Å². The van der Waals surface area contributed by atoms with Gasteiger partial charge in [-0.2, -0.15) is 0 Å². The smallest absolute Gasteiger partial charge is 0.240 e. The third kappa shape index (κ3) is 3.43. The second kappa shape index (κ2) is 6.16. The number of benzene rings is 1. The highest BCUT2D eigenvalue weighted by molar-refractivity contribution is 6.30. The Kier molecular flexibility index (Phi) is 5.11. The lowest BCUT2D eigenvalue weighted by Crippen LogP contribution is -2.52. The number of carbonyl (C=O) groups excluding carboxylic acids is 1. The van der Waals surface area contributed by atoms with Gasteiger partial charge in [-0.25, -0.2) is 4.39 Å². The Morgan fingerprint density at radius 1 is 1.44 bits per heavy atom. The van der Waals surface area contributed by atoms with E-state index in [1.54, 1.807) is 6.07 Å². The van der Waals surface area contributed by atoms with Gasteiger partial charge >= 0.3 is 0 Å². The molecule has 100 valence electrons. The third-order valence-corrected chi connectivity index (χ3v) is 3.44. The predicted octanol–water partition coefficient (Wildman–Crippen LogP) is 2.61. The van der Waals surface area contributed by atoms with Gasteiger partial charge in [-0.05, 0) is 30.5 Å². The van der Waals surface area contributed by atoms with Crippen molar-refractivity contribution < 1.29 is 9.18 Å². The van der Waals surface area contributed by atoms with E-state index in [2.05, 4.69) is 5.32 Å². The van der Waals surface area contributed by atoms with E-state index in [-0.39, 0.29) is 17.5 Å². The van der Waals surface area contributed by atoms with Crippen molar-refractivity contribution in [1.82, 2.24) is 5.32 Å². The molecule has 1 amide bonds. The number of hydrogen-bond donors (Lipinski definition) is 2. The first kappa shape index (κ1) is 14.9. The van der Waals surface area contributed by atoms with Gasteiger partial charge in [-0.1, -0.05) is 31.5 Å². The molecule has 0 aliphatic heterocycles. The summed E-state index contributed by atoms with van der Waals surface area (Å²) in [4.78, 5) is 11.9. The fourth-order valence-corrected chi connectivity index (χ4v) is 1.78. The zero-order valence-electron chi connectivity index (χ0n) is 10.6. The lowest BCUT2D eigenvalue weighted by Gasteiger charge is -2.25. The van der Waals surface area contributed by atoms with Crippen LogP contribution < -0.4 is 11.1 Å². The maximum Gasteiger partial charge on any atom is 0.240 e. The van der Waals surface area contributed by atoms with Crippen molar-refractivity contribution in [3.05, 3.63) is 34.6 Å². The normalized spacial score (nSPS) is 11.4. The van der Waals surface area contributed by atoms with E-state index in [4.69, 9.17) is 17.3 Å². The van der Waals surface area contributed by atoms with Crippen LogP contribution in [0, 0.1) is 5.82 Å². The highest BCUT2D eigenvalue weighted by atomic mass is 35.5. The number of rotatable bonds is 5. The molecule has 0 fully saturated rings. The van der Waals surface area contributed by atoms with Gasteiger partial charge in [0.15, 0.2) is 0 Å². The zero-order valence-corrected chi connectivity index (χ0v) is 11.4. The molecule has 0 spiro atoms. The summed E-state index contributed by atoms with van der Waals surface area (Å²) in [6.45, 7) is 4.04. The van der Waals surface area contributed by atoms with Gasteiger partial charge < -0.3 is 11.1 Å². The Hall–Kier alpha value is -1.13. The first-order valence-electron chi connectivity index (χ1n) is 5.94. The number of nitrogens with one attached hydrogen (secondary N) is 1. The molecule has 3 nitrogen and oxygen atoms in total. The molecule has 5 heteroatoms. The van der Waals surface area contributed by atoms with Gasteiger partial charge in [0, 0.05) is 6.54 Å². The van der Waals surface area contributed by atoms with E-state index in [0.29, 0.717) is 12.8 Å². The van der Waals surface area contributed by atoms with Crippen LogP contribution in [-0.4, -0.2) is 11.4 Å². The minimum atomic E-state index is -0.843. The number of hydrogen-bond acceptors (Lipinski definition) is 2. The Morgan fingerprint density at radius 3 is 2.56 bits per heavy atom. The van der Waals surface area contributed by atoms with E-state index in [0.717, 1.165) is 5.56 Å². The molecule has 0 aromatic heterocycles. The molecule has 0 heterocycles. The fourth-order valence-electron chi connectivity index (χ4n) is 1.58. The van der Waals surface area contributed by atoms with Gasteiger partial charge in [0.05, 0.1) is 10.6 Å². The summed E-state index contributed by atoms with van der Waals surface area (Å²) in [6, 6.07) is 4.35. The second-order valence-electron chi connectivity index (χ2n) is 4.29. The maximum absolute atomic E-state index is 13.0. The van der Waals surface area contributed by atoms with Crippen molar-refractivity contribution in [2.24, 2.45) is 5.73 Å². The molecule has 0 aliphatic carbocycles. The van der Waals surface area contributed by atoms with E-state index >= 15 is 0 Å². The monoisotopic (exact) mass is 272 g/mol. The quantitative estimate of drug-likeness (QED) is 0.866. The van der Waals surface area contributed by atoms with Gasteiger partial charge in [-0.3, -0.25) is 4.79 Å². The van der Waals surface area contributed by atoms with Gasteiger partial charge in [0.2, 0.25) is 5.91 Å². The number of nitrogens with two attached hydrogens (primary N) is 1. The van der Waals surface area contributed by atoms with E-state index < -0.39 is 11.4 Å². The van der Waals surface area contributed by atoms with Gasteiger partial charge in [0.1, 0.15) is 5.82 Å². The molecule has 3 N–H and O–H groups in total. The molecule has 0 atom stereocenters. The fraction of sp³-hybridized carbons (Fsp3) is 0.462. The summed E-state index contributed by atoms with van der Waals surface area (Å²) in [5.41, 5.74) is 5.86. The van der Waals surface area contributed by atoms with Crippen LogP contribution in [0.3, 0.4) is 0 Å². The van der Waals surface area contributed by atoms with Crippen LogP contribution >= 0.6 is 11.6 Å². The summed E-state index contributed by atoms with van der Waals surface area (Å²) in [6.07, 6.45) is 1.14. The average molecular weight is 273 g/mol. The van der Waals surface area contributed by atoms with Gasteiger partial charge in [-0.15, -0.1) is 0 Å². The predicted molar refractivity (Wildman–Crippen MR) is 70.8 cm³/mol. The molecule has 0 saturated heterocycles. The first-order chi connectivity index (χ1) is 8.42. The molecule has 1 rings (SSSR count). The zero-order chi connectivity index (χ0) is 13.8. The molecule has 0 bridgehead atoms. The van der Waals surface area contributed by atoms with Crippen LogP contribution in [0.4, 0.5) is 4.39 Å². The lowest BCUT2D eigenvalue weighted by molar-refractivity contribution is -0.126. The standard InChI is InChI=1S/C13H18ClFN2O/c1-3-13(16,4-2)12(18)17-8-9-5-6-11(15)10(14)7-9/h5-7H,3-4,8,16H2,1-2H3,(H,17,18). The van der Waals surface area contributed by atoms with Crippen LogP contribution in [-0.2, 0) is 11.3 Å². The Bertz CT molecular complexity index is 433. The van der Waals surface area contributed by atoms with Crippen LogP contribution in [0.5, 0.6) is 0 Å². The molecule has 0 saturated carbocycles. The van der Waals surface area contributed by atoms with Crippen LogP contribution in [0.2, 0.25) is 5.02 Å². The summed E-state index contributed by atoms with van der Waals surface area (Å²) >= 11 is 5.66. The summed E-state index contributed by atoms with van der Waals surface area (Å²) in [5, 5.41) is 2.79. The molecule has 18 heavy (non-hydrogen) atoms. The van der Waals surface area contributed by atoms with E-state index in [9.17, 15) is 9.18 Å². The van der Waals surface area contributed by atoms with Crippen molar-refractivity contribution in [2.75, 3.05) is 0 Å². The maximum atomic E-state index is 13.0. The Morgan fingerprint density at radius 2 is 2.06 bits per heavy atom. The van der Waals surface area contributed by atoms with Gasteiger partial charge in [0.25, 0.3) is 0 Å². The summed E-state index contributed by atoms with van der Waals surface area (Å²) in [7, 11) is 0. The third-order valence-electron chi connectivity index (χ3n) is 3.15. The van der Waals surface area contributed by atoms with Crippen molar-refractivity contribution in [3.8, 4) is 0 Å². The molecule has 1 aromatic carbocycles. The van der Waals surface area contributed by atoms with Crippen LogP contribution in [0.1, 0.15) is 32.3 Å². The minimum absolute atomic E-state index is 0.0479. The van der Waals surface area contributed by atoms with Crippen molar-refractivity contribution in [1.29, 1.82) is 0 Å². The molecular weight excluding hydrogens is 255 g/mol. The van der Waals surface area contributed by atoms with E-state index in [1.807, 2.05) is 13.8 Å². The highest BCUT2D eigenvalue weighted by Crippen LogP contribution is 2.16. The minimum Gasteiger partial charge on any atom is -0.350 e. The van der Waals surface area contributed by atoms with E-state index in [1.165, 1.54) is 12.1 Å². The van der Waals surface area contributed by atoms with Crippen molar-refractivity contribution >= 4 is 17.5 Å². The molecule has 1 aromatic rings. The Balaban J connectivity index is 2.65. The van der Waals surface area contributed by atoms with Crippen molar-refractivity contribution in [2.45, 2.75) is 38.8 Å². The first-order valence-corrected chi connectivity index (χ1v) is 6.32.